The normalized spacial score (nSPS) is 19.5. The van der Waals surface area contributed by atoms with E-state index in [9.17, 15) is 4.79 Å². The van der Waals surface area contributed by atoms with Crippen molar-refractivity contribution in [1.29, 1.82) is 0 Å². The van der Waals surface area contributed by atoms with Gasteiger partial charge in [0.05, 0.1) is 4.48 Å². The summed E-state index contributed by atoms with van der Waals surface area (Å²) < 4.78 is 0.738. The van der Waals surface area contributed by atoms with E-state index in [4.69, 9.17) is 0 Å². The highest BCUT2D eigenvalue weighted by Crippen LogP contribution is 2.18. The molecule has 0 amide bonds. The molecule has 0 saturated heterocycles. The van der Waals surface area contributed by atoms with E-state index in [1.165, 1.54) is 0 Å². The van der Waals surface area contributed by atoms with Crippen molar-refractivity contribution in [3.8, 4) is 0 Å². The zero-order valence-corrected chi connectivity index (χ0v) is 4.66. The Morgan fingerprint density at radius 3 is 2.33 bits per heavy atom. The minimum atomic E-state index is 0.218. The molecule has 0 heterocycles. The van der Waals surface area contributed by atoms with Gasteiger partial charge < -0.3 is 0 Å². The molecule has 0 aromatic heterocycles. The molecule has 0 atom stereocenters. The number of Topliss-reactive ketones (excluding diaryl/α,β-unsaturated/α-hetero) is 1. The van der Waals surface area contributed by atoms with Gasteiger partial charge in [-0.3, -0.25) is 4.79 Å². The van der Waals surface area contributed by atoms with Gasteiger partial charge in [0.25, 0.3) is 0 Å². The van der Waals surface area contributed by atoms with Crippen LogP contribution in [0.5, 0.6) is 0 Å². The molecule has 0 aromatic rings. The molecule has 1 aliphatic carbocycles. The smallest absolute Gasteiger partial charge is 0.173 e. The third-order valence-electron chi connectivity index (χ3n) is 0.733. The Morgan fingerprint density at radius 1 is 1.83 bits per heavy atom. The number of hydrogen-bond acceptors (Lipinski definition) is 1. The van der Waals surface area contributed by atoms with E-state index in [2.05, 4.69) is 15.9 Å². The highest BCUT2D eigenvalue weighted by atomic mass is 79.9. The number of allylic oxidation sites excluding steroid dienone is 2. The third-order valence-corrected chi connectivity index (χ3v) is 1.50. The number of hydrogen-bond donors (Lipinski definition) is 0. The molecule has 0 fully saturated rings. The Hall–Kier alpha value is -0.110. The molecule has 32 valence electrons. The van der Waals surface area contributed by atoms with Crippen molar-refractivity contribution >= 4 is 21.7 Å². The maximum Gasteiger partial charge on any atom is 0.173 e. The summed E-state index contributed by atoms with van der Waals surface area (Å²) in [7, 11) is 0. The lowest BCUT2D eigenvalue weighted by molar-refractivity contribution is -0.115. The summed E-state index contributed by atoms with van der Waals surface area (Å²) in [4.78, 5) is 10.1. The minimum absolute atomic E-state index is 0.218. The molecule has 0 aliphatic heterocycles. The van der Waals surface area contributed by atoms with Gasteiger partial charge in [-0.25, -0.2) is 0 Å². The minimum Gasteiger partial charge on any atom is -0.293 e. The second kappa shape index (κ2) is 1.19. The number of rotatable bonds is 0. The van der Waals surface area contributed by atoms with Crippen LogP contribution >= 0.6 is 15.9 Å². The largest absolute Gasteiger partial charge is 0.293 e. The fraction of sp³-hybridized carbons (Fsp3) is 0.250. The van der Waals surface area contributed by atoms with Gasteiger partial charge in [-0.1, -0.05) is 6.08 Å². The molecular weight excluding hydrogens is 144 g/mol. The van der Waals surface area contributed by atoms with Crippen molar-refractivity contribution in [3.63, 3.8) is 0 Å². The number of halogens is 1. The van der Waals surface area contributed by atoms with E-state index in [1.807, 2.05) is 6.08 Å². The van der Waals surface area contributed by atoms with Gasteiger partial charge >= 0.3 is 0 Å². The standard InChI is InChI=1S/C4H3BrO/c5-3-1-2-4(3)6/h1H,2H2. The van der Waals surface area contributed by atoms with Crippen molar-refractivity contribution in [2.24, 2.45) is 0 Å². The Bertz CT molecular complexity index is 115. The molecule has 0 bridgehead atoms. The summed E-state index contributed by atoms with van der Waals surface area (Å²) in [6.45, 7) is 0. The van der Waals surface area contributed by atoms with Crippen LogP contribution in [0.25, 0.3) is 0 Å². The molecule has 0 radical (unpaired) electrons. The van der Waals surface area contributed by atoms with Crippen LogP contribution in [-0.2, 0) is 4.79 Å². The number of carbonyl (C=O) groups excluding carboxylic acids is 1. The predicted octanol–water partition coefficient (Wildman–Crippen LogP) is 1.24. The predicted molar refractivity (Wildman–Crippen MR) is 26.6 cm³/mol. The summed E-state index contributed by atoms with van der Waals surface area (Å²) in [6, 6.07) is 0. The van der Waals surface area contributed by atoms with Crippen LogP contribution in [-0.4, -0.2) is 5.78 Å². The molecule has 0 aromatic carbocycles. The van der Waals surface area contributed by atoms with Crippen molar-refractivity contribution < 1.29 is 4.79 Å². The quantitative estimate of drug-likeness (QED) is 0.503. The highest BCUT2D eigenvalue weighted by Gasteiger charge is 2.11. The summed E-state index contributed by atoms with van der Waals surface area (Å²) in [6.07, 6.45) is 2.48. The lowest BCUT2D eigenvalue weighted by Gasteiger charge is -2.01. The molecule has 0 unspecified atom stereocenters. The van der Waals surface area contributed by atoms with Gasteiger partial charge in [0, 0.05) is 6.42 Å². The van der Waals surface area contributed by atoms with Crippen LogP contribution in [0.4, 0.5) is 0 Å². The number of ketones is 1. The fourth-order valence-corrected chi connectivity index (χ4v) is 0.586. The van der Waals surface area contributed by atoms with E-state index in [0.717, 1.165) is 4.48 Å². The first-order chi connectivity index (χ1) is 2.80. The van der Waals surface area contributed by atoms with Gasteiger partial charge in [-0.15, -0.1) is 0 Å². The summed E-state index contributed by atoms with van der Waals surface area (Å²) in [5.41, 5.74) is 0. The van der Waals surface area contributed by atoms with Crippen molar-refractivity contribution in [3.05, 3.63) is 10.6 Å². The maximum absolute atomic E-state index is 10.1. The van der Waals surface area contributed by atoms with E-state index < -0.39 is 0 Å². The van der Waals surface area contributed by atoms with E-state index in [1.54, 1.807) is 0 Å². The van der Waals surface area contributed by atoms with Gasteiger partial charge in [-0.05, 0) is 15.9 Å². The second-order valence-electron chi connectivity index (χ2n) is 1.18. The SMILES string of the molecule is O=C1CC=C1Br. The first-order valence-electron chi connectivity index (χ1n) is 1.69. The van der Waals surface area contributed by atoms with Crippen LogP contribution in [0.3, 0.4) is 0 Å². The van der Waals surface area contributed by atoms with Crippen molar-refractivity contribution in [2.45, 2.75) is 6.42 Å². The number of carbonyl (C=O) groups is 1. The van der Waals surface area contributed by atoms with Crippen LogP contribution in [0, 0.1) is 0 Å². The Morgan fingerprint density at radius 2 is 2.33 bits per heavy atom. The van der Waals surface area contributed by atoms with Crippen molar-refractivity contribution in [1.82, 2.24) is 0 Å². The molecule has 1 aliphatic rings. The van der Waals surface area contributed by atoms with Gasteiger partial charge in [0.15, 0.2) is 5.78 Å². The monoisotopic (exact) mass is 146 g/mol. The molecule has 2 heteroatoms. The van der Waals surface area contributed by atoms with Gasteiger partial charge in [0.2, 0.25) is 0 Å². The first kappa shape index (κ1) is 4.06. The summed E-state index contributed by atoms with van der Waals surface area (Å²) >= 11 is 3.04. The second-order valence-corrected chi connectivity index (χ2v) is 2.03. The fourth-order valence-electron chi connectivity index (χ4n) is 0.263. The average Bonchev–Trinajstić information content (AvgIpc) is 1.61. The van der Waals surface area contributed by atoms with E-state index in [-0.39, 0.29) is 5.78 Å². The molecule has 6 heavy (non-hydrogen) atoms. The zero-order chi connectivity index (χ0) is 4.57. The Kier molecular flexibility index (Phi) is 0.804. The first-order valence-corrected chi connectivity index (χ1v) is 2.49. The molecular formula is C4H3BrO. The Labute approximate surface area is 44.2 Å². The van der Waals surface area contributed by atoms with Crippen LogP contribution in [0.1, 0.15) is 6.42 Å². The molecule has 0 saturated carbocycles. The molecule has 1 rings (SSSR count). The highest BCUT2D eigenvalue weighted by molar-refractivity contribution is 9.12. The zero-order valence-electron chi connectivity index (χ0n) is 3.07. The molecule has 1 nitrogen and oxygen atoms in total. The Balaban J connectivity index is 2.75. The maximum atomic E-state index is 10.1. The average molecular weight is 147 g/mol. The van der Waals surface area contributed by atoms with Crippen LogP contribution in [0.15, 0.2) is 10.6 Å². The van der Waals surface area contributed by atoms with E-state index in [0.29, 0.717) is 6.42 Å². The van der Waals surface area contributed by atoms with Crippen molar-refractivity contribution in [2.75, 3.05) is 0 Å². The topological polar surface area (TPSA) is 17.1 Å². The van der Waals surface area contributed by atoms with Crippen LogP contribution in [0.2, 0.25) is 0 Å². The summed E-state index contributed by atoms with van der Waals surface area (Å²) in [5.74, 6) is 0.218. The lowest BCUT2D eigenvalue weighted by Crippen LogP contribution is -2.03. The lowest BCUT2D eigenvalue weighted by atomic mass is 10.1. The summed E-state index contributed by atoms with van der Waals surface area (Å²) in [5, 5.41) is 0. The van der Waals surface area contributed by atoms with Gasteiger partial charge in [0.1, 0.15) is 0 Å². The van der Waals surface area contributed by atoms with Gasteiger partial charge in [-0.2, -0.15) is 0 Å². The third kappa shape index (κ3) is 0.411. The van der Waals surface area contributed by atoms with E-state index >= 15 is 0 Å². The van der Waals surface area contributed by atoms with Crippen LogP contribution < -0.4 is 0 Å². The molecule has 0 spiro atoms. The molecule has 0 N–H and O–H groups in total.